The van der Waals surface area contributed by atoms with Crippen LogP contribution in [0.15, 0.2) is 18.2 Å². The Balaban J connectivity index is 3.02. The highest BCUT2D eigenvalue weighted by Gasteiger charge is 2.28. The van der Waals surface area contributed by atoms with Crippen LogP contribution in [0, 0.1) is 11.6 Å². The summed E-state index contributed by atoms with van der Waals surface area (Å²) < 4.78 is 30.6. The number of nitrogens with two attached hydrogens (primary N) is 1. The summed E-state index contributed by atoms with van der Waals surface area (Å²) in [5.74, 6) is -2.00. The lowest BCUT2D eigenvalue weighted by Crippen LogP contribution is -2.36. The van der Waals surface area contributed by atoms with Crippen molar-refractivity contribution in [1.29, 1.82) is 0 Å². The van der Waals surface area contributed by atoms with Gasteiger partial charge in [-0.1, -0.05) is 6.07 Å². The number of carbonyl (C=O) groups excluding carboxylic acids is 1. The second-order valence-corrected chi connectivity index (χ2v) is 3.79. The van der Waals surface area contributed by atoms with Gasteiger partial charge in [0.25, 0.3) is 0 Å². The number of benzene rings is 1. The van der Waals surface area contributed by atoms with Crippen LogP contribution in [0.4, 0.5) is 8.78 Å². The average Bonchev–Trinajstić information content (AvgIpc) is 2.16. The summed E-state index contributed by atoms with van der Waals surface area (Å²) in [6, 6.07) is 3.06. The molecule has 0 spiro atoms. The zero-order valence-corrected chi connectivity index (χ0v) is 9.09. The van der Waals surface area contributed by atoms with Gasteiger partial charge < -0.3 is 10.5 Å². The van der Waals surface area contributed by atoms with Crippen molar-refractivity contribution in [3.63, 3.8) is 0 Å². The fraction of sp³-hybridized carbons (Fsp3) is 0.364. The molecule has 0 saturated carbocycles. The Labute approximate surface area is 92.2 Å². The summed E-state index contributed by atoms with van der Waals surface area (Å²) in [6.45, 7) is 1.49. The van der Waals surface area contributed by atoms with Crippen LogP contribution in [-0.2, 0) is 15.1 Å². The maximum Gasteiger partial charge on any atom is 0.307 e. The molecule has 1 aromatic rings. The van der Waals surface area contributed by atoms with Gasteiger partial charge in [-0.15, -0.1) is 0 Å². The van der Waals surface area contributed by atoms with Crippen molar-refractivity contribution in [2.45, 2.75) is 18.9 Å². The Morgan fingerprint density at radius 2 is 2.12 bits per heavy atom. The molecule has 0 heterocycles. The topological polar surface area (TPSA) is 52.3 Å². The van der Waals surface area contributed by atoms with Gasteiger partial charge >= 0.3 is 5.97 Å². The Kier molecular flexibility index (Phi) is 3.59. The number of carbonyl (C=O) groups is 1. The molecule has 0 aliphatic heterocycles. The second-order valence-electron chi connectivity index (χ2n) is 3.79. The van der Waals surface area contributed by atoms with Gasteiger partial charge in [0.1, 0.15) is 11.6 Å². The first kappa shape index (κ1) is 12.6. The molecule has 1 atom stereocenters. The summed E-state index contributed by atoms with van der Waals surface area (Å²) in [6.07, 6.45) is -0.175. The molecule has 2 N–H and O–H groups in total. The van der Waals surface area contributed by atoms with E-state index in [1.807, 2.05) is 0 Å². The number of halogens is 2. The molecule has 0 aliphatic carbocycles. The van der Waals surface area contributed by atoms with Gasteiger partial charge in [0, 0.05) is 11.6 Å². The van der Waals surface area contributed by atoms with Gasteiger partial charge in [-0.3, -0.25) is 4.79 Å². The van der Waals surface area contributed by atoms with Crippen LogP contribution < -0.4 is 5.73 Å². The van der Waals surface area contributed by atoms with Gasteiger partial charge in [0.15, 0.2) is 0 Å². The van der Waals surface area contributed by atoms with E-state index in [4.69, 9.17) is 5.73 Å². The summed E-state index contributed by atoms with van der Waals surface area (Å²) in [5, 5.41) is 0. The minimum Gasteiger partial charge on any atom is -0.469 e. The van der Waals surface area contributed by atoms with Gasteiger partial charge in [-0.05, 0) is 13.0 Å². The molecule has 88 valence electrons. The fourth-order valence-corrected chi connectivity index (χ4v) is 1.42. The van der Waals surface area contributed by atoms with E-state index in [1.54, 1.807) is 0 Å². The molecule has 5 heteroatoms. The number of hydrogen-bond donors (Lipinski definition) is 1. The lowest BCUT2D eigenvalue weighted by molar-refractivity contribution is -0.142. The van der Waals surface area contributed by atoms with E-state index in [0.29, 0.717) is 0 Å². The van der Waals surface area contributed by atoms with Gasteiger partial charge in [-0.25, -0.2) is 8.78 Å². The van der Waals surface area contributed by atoms with Crippen molar-refractivity contribution < 1.29 is 18.3 Å². The van der Waals surface area contributed by atoms with E-state index in [-0.39, 0.29) is 12.0 Å². The van der Waals surface area contributed by atoms with E-state index in [2.05, 4.69) is 4.74 Å². The van der Waals surface area contributed by atoms with E-state index in [1.165, 1.54) is 20.1 Å². The van der Waals surface area contributed by atoms with Gasteiger partial charge in [0.05, 0.1) is 19.1 Å². The first-order valence-corrected chi connectivity index (χ1v) is 4.68. The maximum atomic E-state index is 13.4. The van der Waals surface area contributed by atoms with E-state index >= 15 is 0 Å². The van der Waals surface area contributed by atoms with Crippen LogP contribution >= 0.6 is 0 Å². The molecule has 1 unspecified atom stereocenters. The van der Waals surface area contributed by atoms with Crippen molar-refractivity contribution in [3.8, 4) is 0 Å². The molecule has 0 fully saturated rings. The Morgan fingerprint density at radius 1 is 1.50 bits per heavy atom. The SMILES string of the molecule is COC(=O)CC(C)(N)c1ccc(F)cc1F. The summed E-state index contributed by atoms with van der Waals surface area (Å²) in [4.78, 5) is 11.1. The first-order valence-electron chi connectivity index (χ1n) is 4.68. The van der Waals surface area contributed by atoms with Crippen molar-refractivity contribution in [3.05, 3.63) is 35.4 Å². The van der Waals surface area contributed by atoms with Crippen LogP contribution in [-0.4, -0.2) is 13.1 Å². The largest absolute Gasteiger partial charge is 0.469 e. The second kappa shape index (κ2) is 4.57. The third-order valence-electron chi connectivity index (χ3n) is 2.29. The molecular formula is C11H13F2NO2. The zero-order valence-electron chi connectivity index (χ0n) is 9.09. The van der Waals surface area contributed by atoms with Gasteiger partial charge in [0.2, 0.25) is 0 Å². The lowest BCUT2D eigenvalue weighted by atomic mass is 9.89. The maximum absolute atomic E-state index is 13.4. The predicted octanol–water partition coefficient (Wildman–Crippen LogP) is 1.70. The number of methoxy groups -OCH3 is 1. The Bertz CT molecular complexity index is 405. The van der Waals surface area contributed by atoms with Crippen molar-refractivity contribution in [2.75, 3.05) is 7.11 Å². The molecule has 0 aliphatic rings. The summed E-state index contributed by atoms with van der Waals surface area (Å²) in [5.41, 5.74) is 4.67. The van der Waals surface area contributed by atoms with Gasteiger partial charge in [-0.2, -0.15) is 0 Å². The lowest BCUT2D eigenvalue weighted by Gasteiger charge is -2.24. The van der Waals surface area contributed by atoms with Crippen LogP contribution in [0.2, 0.25) is 0 Å². The Hall–Kier alpha value is -1.49. The molecule has 0 aromatic heterocycles. The molecule has 0 saturated heterocycles. The van der Waals surface area contributed by atoms with E-state index < -0.39 is 23.1 Å². The third-order valence-corrected chi connectivity index (χ3v) is 2.29. The standard InChI is InChI=1S/C11H13F2NO2/c1-11(14,6-10(15)16-2)8-4-3-7(12)5-9(8)13/h3-5H,6,14H2,1-2H3. The van der Waals surface area contributed by atoms with Crippen LogP contribution in [0.1, 0.15) is 18.9 Å². The van der Waals surface area contributed by atoms with Crippen molar-refractivity contribution in [2.24, 2.45) is 5.73 Å². The molecular weight excluding hydrogens is 216 g/mol. The fourth-order valence-electron chi connectivity index (χ4n) is 1.42. The first-order chi connectivity index (χ1) is 7.36. The number of rotatable bonds is 3. The monoisotopic (exact) mass is 229 g/mol. The quantitative estimate of drug-likeness (QED) is 0.802. The predicted molar refractivity (Wildman–Crippen MR) is 54.5 cm³/mol. The highest BCUT2D eigenvalue weighted by Crippen LogP contribution is 2.25. The molecule has 0 amide bonds. The minimum absolute atomic E-state index is 0.0827. The minimum atomic E-state index is -1.22. The Morgan fingerprint density at radius 3 is 2.62 bits per heavy atom. The smallest absolute Gasteiger partial charge is 0.307 e. The van der Waals surface area contributed by atoms with Crippen LogP contribution in [0.5, 0.6) is 0 Å². The third kappa shape index (κ3) is 2.76. The summed E-state index contributed by atoms with van der Waals surface area (Å²) >= 11 is 0. The molecule has 0 bridgehead atoms. The summed E-state index contributed by atoms with van der Waals surface area (Å²) in [7, 11) is 1.22. The normalized spacial score (nSPS) is 14.3. The van der Waals surface area contributed by atoms with Crippen LogP contribution in [0.25, 0.3) is 0 Å². The van der Waals surface area contributed by atoms with Crippen molar-refractivity contribution in [1.82, 2.24) is 0 Å². The molecule has 16 heavy (non-hydrogen) atoms. The number of esters is 1. The molecule has 0 radical (unpaired) electrons. The highest BCUT2D eigenvalue weighted by molar-refractivity contribution is 5.71. The number of ether oxygens (including phenoxy) is 1. The molecule has 3 nitrogen and oxygen atoms in total. The van der Waals surface area contributed by atoms with Crippen molar-refractivity contribution >= 4 is 5.97 Å². The molecule has 1 aromatic carbocycles. The average molecular weight is 229 g/mol. The number of hydrogen-bond acceptors (Lipinski definition) is 3. The highest BCUT2D eigenvalue weighted by atomic mass is 19.1. The zero-order chi connectivity index (χ0) is 12.3. The van der Waals surface area contributed by atoms with E-state index in [0.717, 1.165) is 12.1 Å². The molecule has 1 rings (SSSR count). The van der Waals surface area contributed by atoms with E-state index in [9.17, 15) is 13.6 Å². The van der Waals surface area contributed by atoms with Crippen LogP contribution in [0.3, 0.4) is 0 Å².